The van der Waals surface area contributed by atoms with Gasteiger partial charge in [-0.05, 0) is 163 Å². The quantitative estimate of drug-likeness (QED) is 0.106. The van der Waals surface area contributed by atoms with Crippen molar-refractivity contribution in [3.63, 3.8) is 0 Å². The summed E-state index contributed by atoms with van der Waals surface area (Å²) in [4.78, 5) is 4.72. The van der Waals surface area contributed by atoms with E-state index in [0.717, 1.165) is 13.1 Å². The number of fused-ring (bicyclic) bond motifs is 6. The van der Waals surface area contributed by atoms with Crippen LogP contribution in [0.2, 0.25) is 0 Å². The van der Waals surface area contributed by atoms with Crippen molar-refractivity contribution in [2.45, 2.75) is 141 Å². The van der Waals surface area contributed by atoms with Gasteiger partial charge in [-0.15, -0.1) is 0 Å². The molecule has 2 nitrogen and oxygen atoms in total. The highest BCUT2D eigenvalue weighted by atomic mass is 15.1. The Bertz CT molecular complexity index is 1880. The molecule has 0 saturated carbocycles. The summed E-state index contributed by atoms with van der Waals surface area (Å²) in [5.74, 6) is 0.467. The van der Waals surface area contributed by atoms with Gasteiger partial charge in [-0.2, -0.15) is 0 Å². The fourth-order valence-corrected chi connectivity index (χ4v) is 9.65. The zero-order valence-corrected chi connectivity index (χ0v) is 36.1. The van der Waals surface area contributed by atoms with Crippen LogP contribution in [0.4, 0.5) is 0 Å². The topological polar surface area (TPSA) is 6.48 Å². The molecule has 4 aromatic carbocycles. The first-order chi connectivity index (χ1) is 25.6. The molecule has 2 aliphatic rings. The maximum absolute atomic E-state index is 2.63. The average molecular weight is 725 g/mol. The third-order valence-electron chi connectivity index (χ3n) is 12.8. The van der Waals surface area contributed by atoms with E-state index in [1.807, 2.05) is 0 Å². The van der Waals surface area contributed by atoms with Crippen molar-refractivity contribution >= 4 is 0 Å². The van der Waals surface area contributed by atoms with Gasteiger partial charge in [0.1, 0.15) is 0 Å². The molecule has 0 radical (unpaired) electrons. The fourth-order valence-electron chi connectivity index (χ4n) is 9.65. The number of benzene rings is 4. The van der Waals surface area contributed by atoms with Crippen LogP contribution in [0.3, 0.4) is 0 Å². The van der Waals surface area contributed by atoms with Crippen LogP contribution >= 0.6 is 0 Å². The molecule has 0 bridgehead atoms. The van der Waals surface area contributed by atoms with Gasteiger partial charge in [0.15, 0.2) is 0 Å². The number of unbranched alkanes of at least 4 members (excludes halogenated alkanes) is 5. The minimum absolute atomic E-state index is 0.00455. The van der Waals surface area contributed by atoms with E-state index in [1.54, 1.807) is 22.3 Å². The zero-order chi connectivity index (χ0) is 38.8. The summed E-state index contributed by atoms with van der Waals surface area (Å²) < 4.78 is 0. The molecule has 0 heterocycles. The van der Waals surface area contributed by atoms with Crippen LogP contribution in [-0.2, 0) is 16.2 Å². The van der Waals surface area contributed by atoms with E-state index in [0.29, 0.717) is 5.92 Å². The van der Waals surface area contributed by atoms with Crippen LogP contribution in [0.25, 0.3) is 33.4 Å². The summed E-state index contributed by atoms with van der Waals surface area (Å²) in [5.41, 5.74) is 17.9. The monoisotopic (exact) mass is 725 g/mol. The lowest BCUT2D eigenvalue weighted by Gasteiger charge is -2.35. The molecular formula is C52H72N2. The first-order valence-corrected chi connectivity index (χ1v) is 21.5. The van der Waals surface area contributed by atoms with E-state index in [9.17, 15) is 0 Å². The molecule has 1 atom stereocenters. The van der Waals surface area contributed by atoms with E-state index in [-0.39, 0.29) is 16.2 Å². The van der Waals surface area contributed by atoms with E-state index in [2.05, 4.69) is 159 Å². The first-order valence-electron chi connectivity index (χ1n) is 21.5. The second kappa shape index (κ2) is 16.5. The molecule has 0 N–H and O–H groups in total. The zero-order valence-electron chi connectivity index (χ0n) is 36.1. The SMILES string of the molecule is CCCCCCCCC1c2cc(-c3ccc4c(c3)C(CCCN(C)C)(CCCN(C)C)c3cc(C(C)(C)C)ccc3-4)ccc2-c2ccc(C(C)(C)C)cc21. The summed E-state index contributed by atoms with van der Waals surface area (Å²) in [6.45, 7) is 18.7. The second-order valence-corrected chi connectivity index (χ2v) is 19.6. The molecule has 290 valence electrons. The van der Waals surface area contributed by atoms with Crippen LogP contribution in [0.15, 0.2) is 72.8 Å². The highest BCUT2D eigenvalue weighted by Crippen LogP contribution is 2.56. The molecule has 6 rings (SSSR count). The Kier molecular flexibility index (Phi) is 12.4. The van der Waals surface area contributed by atoms with E-state index in [4.69, 9.17) is 0 Å². The largest absolute Gasteiger partial charge is 0.309 e. The molecule has 0 aromatic heterocycles. The minimum Gasteiger partial charge on any atom is -0.309 e. The molecular weight excluding hydrogens is 653 g/mol. The van der Waals surface area contributed by atoms with Crippen LogP contribution in [0.1, 0.15) is 158 Å². The van der Waals surface area contributed by atoms with Gasteiger partial charge in [-0.25, -0.2) is 0 Å². The number of rotatable bonds is 16. The maximum Gasteiger partial charge on any atom is 0.0216 e. The Balaban J connectivity index is 1.43. The summed E-state index contributed by atoms with van der Waals surface area (Å²) in [6, 6.07) is 29.9. The van der Waals surface area contributed by atoms with Gasteiger partial charge in [-0.1, -0.05) is 148 Å². The van der Waals surface area contributed by atoms with Gasteiger partial charge in [0.25, 0.3) is 0 Å². The van der Waals surface area contributed by atoms with E-state index < -0.39 is 0 Å². The van der Waals surface area contributed by atoms with Crippen molar-refractivity contribution in [1.82, 2.24) is 9.80 Å². The minimum atomic E-state index is 0.00455. The van der Waals surface area contributed by atoms with Crippen molar-refractivity contribution < 1.29 is 0 Å². The van der Waals surface area contributed by atoms with Crippen LogP contribution in [0, 0.1) is 0 Å². The average Bonchev–Trinajstić information content (AvgIpc) is 3.57. The lowest BCUT2D eigenvalue weighted by molar-refractivity contribution is 0.328. The predicted molar refractivity (Wildman–Crippen MR) is 236 cm³/mol. The smallest absolute Gasteiger partial charge is 0.0216 e. The Morgan fingerprint density at radius 3 is 1.54 bits per heavy atom. The van der Waals surface area contributed by atoms with Gasteiger partial charge in [0.2, 0.25) is 0 Å². The summed E-state index contributed by atoms with van der Waals surface area (Å²) in [6.07, 6.45) is 14.0. The van der Waals surface area contributed by atoms with Crippen molar-refractivity contribution in [2.24, 2.45) is 0 Å². The molecule has 2 heteroatoms. The highest BCUT2D eigenvalue weighted by Gasteiger charge is 2.43. The van der Waals surface area contributed by atoms with Crippen molar-refractivity contribution in [2.75, 3.05) is 41.3 Å². The molecule has 0 saturated heterocycles. The Morgan fingerprint density at radius 1 is 0.500 bits per heavy atom. The third-order valence-corrected chi connectivity index (χ3v) is 12.8. The van der Waals surface area contributed by atoms with Crippen LogP contribution < -0.4 is 0 Å². The Hall–Kier alpha value is -3.20. The fraction of sp³-hybridized carbons (Fsp3) is 0.538. The van der Waals surface area contributed by atoms with Gasteiger partial charge < -0.3 is 9.80 Å². The van der Waals surface area contributed by atoms with Crippen LogP contribution in [-0.4, -0.2) is 51.1 Å². The number of nitrogens with zero attached hydrogens (tertiary/aromatic N) is 2. The molecule has 1 unspecified atom stereocenters. The molecule has 0 aliphatic heterocycles. The molecule has 4 aromatic rings. The number of hydrogen-bond donors (Lipinski definition) is 0. The van der Waals surface area contributed by atoms with Gasteiger partial charge >= 0.3 is 0 Å². The van der Waals surface area contributed by atoms with Crippen molar-refractivity contribution in [3.8, 4) is 33.4 Å². The summed E-state index contributed by atoms with van der Waals surface area (Å²) in [7, 11) is 8.89. The van der Waals surface area contributed by atoms with Gasteiger partial charge in [0, 0.05) is 11.3 Å². The maximum atomic E-state index is 2.63. The number of hydrogen-bond acceptors (Lipinski definition) is 2. The standard InChI is InChI=1S/C52H72N2/c1-12-13-14-15-16-17-20-41-46-33-37(21-25-42(46)43-27-23-39(35-47(41)43)50(2,3)4)38-22-26-44-45-28-24-40(51(5,6)7)36-49(45)52(48(44)34-38,29-18-31-53(8)9)30-19-32-54(10)11/h21-28,33-36,41H,12-20,29-32H2,1-11H3. The van der Waals surface area contributed by atoms with E-state index >= 15 is 0 Å². The van der Waals surface area contributed by atoms with Gasteiger partial charge in [-0.3, -0.25) is 0 Å². The Labute approximate surface area is 330 Å². The van der Waals surface area contributed by atoms with Gasteiger partial charge in [0.05, 0.1) is 0 Å². The predicted octanol–water partition coefficient (Wildman–Crippen LogP) is 13.8. The van der Waals surface area contributed by atoms with Crippen molar-refractivity contribution in [3.05, 3.63) is 106 Å². The normalized spacial score (nSPS) is 15.8. The summed E-state index contributed by atoms with van der Waals surface area (Å²) >= 11 is 0. The lowest BCUT2D eigenvalue weighted by Crippen LogP contribution is -2.29. The van der Waals surface area contributed by atoms with E-state index in [1.165, 1.54) is 115 Å². The van der Waals surface area contributed by atoms with Crippen molar-refractivity contribution in [1.29, 1.82) is 0 Å². The molecule has 0 fully saturated rings. The highest BCUT2D eigenvalue weighted by molar-refractivity contribution is 5.86. The second-order valence-electron chi connectivity index (χ2n) is 19.6. The Morgan fingerprint density at radius 2 is 0.963 bits per heavy atom. The lowest BCUT2D eigenvalue weighted by atomic mass is 9.70. The molecule has 54 heavy (non-hydrogen) atoms. The summed E-state index contributed by atoms with van der Waals surface area (Å²) in [5, 5.41) is 0. The molecule has 0 spiro atoms. The first kappa shape index (κ1) is 40.5. The third kappa shape index (κ3) is 8.46. The molecule has 2 aliphatic carbocycles. The van der Waals surface area contributed by atoms with Crippen LogP contribution in [0.5, 0.6) is 0 Å². The molecule has 0 amide bonds.